The van der Waals surface area contributed by atoms with Crippen LogP contribution in [-0.2, 0) is 26.2 Å². The largest absolute Gasteiger partial charge is 0.497 e. The number of hydrogen-bond acceptors (Lipinski definition) is 5. The maximum atomic E-state index is 14.2. The highest BCUT2D eigenvalue weighted by molar-refractivity contribution is 7.92. The molecule has 0 fully saturated rings. The van der Waals surface area contributed by atoms with E-state index in [9.17, 15) is 18.0 Å². The van der Waals surface area contributed by atoms with Crippen LogP contribution in [0.15, 0.2) is 71.6 Å². The number of hydrogen-bond donors (Lipinski definition) is 1. The number of benzene rings is 3. The molecule has 3 rings (SSSR count). The molecule has 0 heterocycles. The molecule has 2 amide bonds. The number of ether oxygens (including phenoxy) is 1. The Bertz CT molecular complexity index is 1510. The predicted octanol–water partition coefficient (Wildman–Crippen LogP) is 6.23. The van der Waals surface area contributed by atoms with Crippen molar-refractivity contribution in [1.82, 2.24) is 10.2 Å². The molecule has 0 aliphatic rings. The number of halogens is 2. The number of amides is 2. The highest BCUT2D eigenvalue weighted by Crippen LogP contribution is 2.28. The second-order valence-electron chi connectivity index (χ2n) is 11.0. The smallest absolute Gasteiger partial charge is 0.264 e. The SMILES string of the molecule is CC[C@H](C(=O)NC(C)(C)C)N(Cc1ccc(Cl)c(Cl)c1)C(=O)CN(c1ccc(C)cc1)S(=O)(=O)c1ccc(OC)cc1. The molecule has 0 saturated heterocycles. The van der Waals surface area contributed by atoms with Gasteiger partial charge in [-0.3, -0.25) is 13.9 Å². The number of aryl methyl sites for hydroxylation is 1. The Kier molecular flexibility index (Phi) is 10.9. The molecule has 0 radical (unpaired) electrons. The van der Waals surface area contributed by atoms with Crippen LogP contribution in [0.25, 0.3) is 0 Å². The first-order valence-electron chi connectivity index (χ1n) is 13.4. The number of nitrogens with zero attached hydrogens (tertiary/aromatic N) is 2. The average Bonchev–Trinajstić information content (AvgIpc) is 2.93. The van der Waals surface area contributed by atoms with Gasteiger partial charge in [0.2, 0.25) is 11.8 Å². The molecule has 11 heteroatoms. The highest BCUT2D eigenvalue weighted by atomic mass is 35.5. The molecule has 3 aromatic rings. The zero-order chi connectivity index (χ0) is 31.2. The topological polar surface area (TPSA) is 96.0 Å². The number of sulfonamides is 1. The first-order chi connectivity index (χ1) is 19.7. The fourth-order valence-electron chi connectivity index (χ4n) is 4.32. The Hall–Kier alpha value is -3.27. The minimum atomic E-state index is -4.20. The van der Waals surface area contributed by atoms with Crippen LogP contribution in [0.4, 0.5) is 5.69 Å². The van der Waals surface area contributed by atoms with Crippen molar-refractivity contribution in [2.24, 2.45) is 0 Å². The normalized spacial score (nSPS) is 12.4. The third-order valence-corrected chi connectivity index (χ3v) is 9.00. The molecule has 42 heavy (non-hydrogen) atoms. The Morgan fingerprint density at radius 3 is 2.10 bits per heavy atom. The van der Waals surface area contributed by atoms with Crippen molar-refractivity contribution in [3.63, 3.8) is 0 Å². The number of carbonyl (C=O) groups excluding carboxylic acids is 2. The molecule has 226 valence electrons. The molecule has 1 atom stereocenters. The maximum Gasteiger partial charge on any atom is 0.264 e. The average molecular weight is 635 g/mol. The summed E-state index contributed by atoms with van der Waals surface area (Å²) in [5.74, 6) is -0.414. The van der Waals surface area contributed by atoms with Gasteiger partial charge in [0.1, 0.15) is 18.3 Å². The molecule has 0 bridgehead atoms. The van der Waals surface area contributed by atoms with Crippen molar-refractivity contribution < 1.29 is 22.7 Å². The quantitative estimate of drug-likeness (QED) is 0.270. The third kappa shape index (κ3) is 8.40. The molecule has 0 saturated carbocycles. The van der Waals surface area contributed by atoms with Crippen molar-refractivity contribution in [3.8, 4) is 5.75 Å². The Balaban J connectivity index is 2.08. The fraction of sp³-hybridized carbons (Fsp3) is 0.355. The van der Waals surface area contributed by atoms with Crippen molar-refractivity contribution in [3.05, 3.63) is 87.9 Å². The van der Waals surface area contributed by atoms with E-state index < -0.39 is 34.1 Å². The van der Waals surface area contributed by atoms with E-state index in [4.69, 9.17) is 27.9 Å². The lowest BCUT2D eigenvalue weighted by Gasteiger charge is -2.34. The third-order valence-electron chi connectivity index (χ3n) is 6.47. The summed E-state index contributed by atoms with van der Waals surface area (Å²) >= 11 is 12.4. The first-order valence-corrected chi connectivity index (χ1v) is 15.6. The van der Waals surface area contributed by atoms with Gasteiger partial charge in [-0.2, -0.15) is 0 Å². The number of rotatable bonds is 11. The van der Waals surface area contributed by atoms with Gasteiger partial charge in [-0.1, -0.05) is 53.9 Å². The molecule has 0 aliphatic heterocycles. The highest BCUT2D eigenvalue weighted by Gasteiger charge is 2.34. The summed E-state index contributed by atoms with van der Waals surface area (Å²) in [6.07, 6.45) is 0.296. The second kappa shape index (κ2) is 13.8. The summed E-state index contributed by atoms with van der Waals surface area (Å²) in [5, 5.41) is 3.60. The van der Waals surface area contributed by atoms with Gasteiger partial charge in [-0.15, -0.1) is 0 Å². The van der Waals surface area contributed by atoms with Gasteiger partial charge in [0.25, 0.3) is 10.0 Å². The van der Waals surface area contributed by atoms with Crippen LogP contribution in [0.2, 0.25) is 10.0 Å². The predicted molar refractivity (Wildman–Crippen MR) is 168 cm³/mol. The van der Waals surface area contributed by atoms with Crippen molar-refractivity contribution >= 4 is 50.7 Å². The lowest BCUT2D eigenvalue weighted by molar-refractivity contribution is -0.141. The number of carbonyl (C=O) groups is 2. The second-order valence-corrected chi connectivity index (χ2v) is 13.6. The van der Waals surface area contributed by atoms with Gasteiger partial charge in [-0.05, 0) is 88.2 Å². The summed E-state index contributed by atoms with van der Waals surface area (Å²) in [7, 11) is -2.71. The van der Waals surface area contributed by atoms with Gasteiger partial charge < -0.3 is 15.0 Å². The first kappa shape index (κ1) is 33.2. The molecule has 1 N–H and O–H groups in total. The number of anilines is 1. The van der Waals surface area contributed by atoms with E-state index in [-0.39, 0.29) is 17.3 Å². The van der Waals surface area contributed by atoms with Gasteiger partial charge in [0.05, 0.1) is 27.7 Å². The Labute approximate surface area is 258 Å². The van der Waals surface area contributed by atoms with Crippen molar-refractivity contribution in [1.29, 1.82) is 0 Å². The van der Waals surface area contributed by atoms with Crippen LogP contribution in [-0.4, -0.2) is 50.4 Å². The minimum absolute atomic E-state index is 0.00905. The van der Waals surface area contributed by atoms with Crippen LogP contribution in [0.5, 0.6) is 5.75 Å². The lowest BCUT2D eigenvalue weighted by atomic mass is 10.1. The van der Waals surface area contributed by atoms with Crippen LogP contribution in [0.1, 0.15) is 45.2 Å². The van der Waals surface area contributed by atoms with Crippen LogP contribution < -0.4 is 14.4 Å². The Morgan fingerprint density at radius 1 is 0.952 bits per heavy atom. The molecule has 3 aromatic carbocycles. The molecule has 0 spiro atoms. The molecule has 0 aliphatic carbocycles. The van der Waals surface area contributed by atoms with Crippen LogP contribution in [0, 0.1) is 6.92 Å². The Morgan fingerprint density at radius 2 is 1.57 bits per heavy atom. The van der Waals surface area contributed by atoms with E-state index in [1.807, 2.05) is 27.7 Å². The van der Waals surface area contributed by atoms with Crippen molar-refractivity contribution in [2.75, 3.05) is 18.0 Å². The van der Waals surface area contributed by atoms with E-state index >= 15 is 0 Å². The van der Waals surface area contributed by atoms with E-state index in [1.165, 1.54) is 24.1 Å². The van der Waals surface area contributed by atoms with Gasteiger partial charge in [0.15, 0.2) is 0 Å². The van der Waals surface area contributed by atoms with Gasteiger partial charge in [0, 0.05) is 12.1 Å². The van der Waals surface area contributed by atoms with Crippen LogP contribution >= 0.6 is 23.2 Å². The van der Waals surface area contributed by atoms with Gasteiger partial charge >= 0.3 is 0 Å². The monoisotopic (exact) mass is 633 g/mol. The molecular weight excluding hydrogens is 597 g/mol. The van der Waals surface area contributed by atoms with Crippen molar-refractivity contribution in [2.45, 2.75) is 64.1 Å². The summed E-state index contributed by atoms with van der Waals surface area (Å²) in [5.41, 5.74) is 1.33. The summed E-state index contributed by atoms with van der Waals surface area (Å²) < 4.78 is 34.2. The van der Waals surface area contributed by atoms with E-state index in [0.717, 1.165) is 9.87 Å². The minimum Gasteiger partial charge on any atom is -0.497 e. The van der Waals surface area contributed by atoms with E-state index in [0.29, 0.717) is 33.5 Å². The molecule has 8 nitrogen and oxygen atoms in total. The molecular formula is C31H37Cl2N3O5S. The number of nitrogens with one attached hydrogen (secondary N) is 1. The zero-order valence-electron chi connectivity index (χ0n) is 24.6. The fourth-order valence-corrected chi connectivity index (χ4v) is 6.06. The van der Waals surface area contributed by atoms with E-state index in [2.05, 4.69) is 5.32 Å². The number of methoxy groups -OCH3 is 1. The van der Waals surface area contributed by atoms with Gasteiger partial charge in [-0.25, -0.2) is 8.42 Å². The summed E-state index contributed by atoms with van der Waals surface area (Å²) in [6.45, 7) is 8.70. The summed E-state index contributed by atoms with van der Waals surface area (Å²) in [4.78, 5) is 29.0. The van der Waals surface area contributed by atoms with Crippen LogP contribution in [0.3, 0.4) is 0 Å². The molecule has 0 aromatic heterocycles. The molecule has 0 unspecified atom stereocenters. The lowest BCUT2D eigenvalue weighted by Crippen LogP contribution is -2.55. The summed E-state index contributed by atoms with van der Waals surface area (Å²) in [6, 6.07) is 16.9. The maximum absolute atomic E-state index is 14.2. The van der Waals surface area contributed by atoms with E-state index in [1.54, 1.807) is 61.5 Å². The zero-order valence-corrected chi connectivity index (χ0v) is 27.0. The standard InChI is InChI=1S/C31H37Cl2N3O5S/c1-7-28(30(38)34-31(3,4)5)35(19-22-10-17-26(32)27(33)18-22)29(37)20-36(23-11-8-21(2)9-12-23)42(39,40)25-15-13-24(41-6)14-16-25/h8-18,28H,7,19-20H2,1-6H3,(H,34,38)/t28-/m1/s1.